The van der Waals surface area contributed by atoms with Gasteiger partial charge in [-0.1, -0.05) is 25.7 Å². The third-order valence-electron chi connectivity index (χ3n) is 4.44. The lowest BCUT2D eigenvalue weighted by Gasteiger charge is -2.33. The number of hydrogen-bond donors (Lipinski definition) is 1. The van der Waals surface area contributed by atoms with Crippen LogP contribution in [0.15, 0.2) is 0 Å². The van der Waals surface area contributed by atoms with Crippen molar-refractivity contribution in [3.63, 3.8) is 0 Å². The molecular formula is C14H28N2. The standard InChI is InChI=1S/C14H28N2/c1-16(14-8-3-2-4-9-14)12-10-13-7-5-6-11-15-13/h13-15H,2-12H2,1H3. The van der Waals surface area contributed by atoms with Crippen molar-refractivity contribution < 1.29 is 0 Å². The lowest BCUT2D eigenvalue weighted by atomic mass is 9.94. The molecule has 16 heavy (non-hydrogen) atoms. The fourth-order valence-electron chi connectivity index (χ4n) is 3.23. The summed E-state index contributed by atoms with van der Waals surface area (Å²) in [5.41, 5.74) is 0. The molecule has 1 aliphatic carbocycles. The zero-order chi connectivity index (χ0) is 11.2. The van der Waals surface area contributed by atoms with E-state index >= 15 is 0 Å². The molecule has 2 fully saturated rings. The van der Waals surface area contributed by atoms with Crippen LogP contribution in [0.1, 0.15) is 57.8 Å². The summed E-state index contributed by atoms with van der Waals surface area (Å²) >= 11 is 0. The maximum atomic E-state index is 3.65. The second-order valence-electron chi connectivity index (χ2n) is 5.71. The Kier molecular flexibility index (Phi) is 5.11. The number of hydrogen-bond acceptors (Lipinski definition) is 2. The molecule has 1 heterocycles. The first kappa shape index (κ1) is 12.4. The molecule has 0 bridgehead atoms. The molecule has 1 aliphatic heterocycles. The Balaban J connectivity index is 1.63. The zero-order valence-electron chi connectivity index (χ0n) is 10.9. The first-order chi connectivity index (χ1) is 7.86. The van der Waals surface area contributed by atoms with Gasteiger partial charge in [-0.25, -0.2) is 0 Å². The van der Waals surface area contributed by atoms with Gasteiger partial charge in [0.15, 0.2) is 0 Å². The molecule has 0 radical (unpaired) electrons. The van der Waals surface area contributed by atoms with Gasteiger partial charge in [-0.3, -0.25) is 0 Å². The molecule has 2 aliphatic rings. The molecule has 2 nitrogen and oxygen atoms in total. The van der Waals surface area contributed by atoms with E-state index in [1.807, 2.05) is 0 Å². The number of nitrogens with one attached hydrogen (secondary N) is 1. The quantitative estimate of drug-likeness (QED) is 0.790. The van der Waals surface area contributed by atoms with E-state index in [1.54, 1.807) is 0 Å². The van der Waals surface area contributed by atoms with E-state index in [1.165, 1.54) is 70.9 Å². The highest BCUT2D eigenvalue weighted by Crippen LogP contribution is 2.22. The molecule has 1 atom stereocenters. The first-order valence-corrected chi connectivity index (χ1v) is 7.30. The predicted molar refractivity (Wildman–Crippen MR) is 69.8 cm³/mol. The second-order valence-corrected chi connectivity index (χ2v) is 5.71. The molecular weight excluding hydrogens is 196 g/mol. The van der Waals surface area contributed by atoms with E-state index in [0.29, 0.717) is 0 Å². The van der Waals surface area contributed by atoms with Crippen LogP contribution >= 0.6 is 0 Å². The summed E-state index contributed by atoms with van der Waals surface area (Å²) in [6.07, 6.45) is 12.8. The normalized spacial score (nSPS) is 28.5. The second kappa shape index (κ2) is 6.61. The number of nitrogens with zero attached hydrogens (tertiary/aromatic N) is 1. The van der Waals surface area contributed by atoms with Gasteiger partial charge in [-0.2, -0.15) is 0 Å². The molecule has 1 N–H and O–H groups in total. The fourth-order valence-corrected chi connectivity index (χ4v) is 3.23. The highest BCUT2D eigenvalue weighted by molar-refractivity contribution is 4.77. The molecule has 0 amide bonds. The average molecular weight is 224 g/mol. The number of rotatable bonds is 4. The summed E-state index contributed by atoms with van der Waals surface area (Å²) < 4.78 is 0. The minimum absolute atomic E-state index is 0.805. The summed E-state index contributed by atoms with van der Waals surface area (Å²) in [4.78, 5) is 2.62. The van der Waals surface area contributed by atoms with Crippen molar-refractivity contribution in [2.45, 2.75) is 69.9 Å². The van der Waals surface area contributed by atoms with Gasteiger partial charge >= 0.3 is 0 Å². The van der Waals surface area contributed by atoms with Gasteiger partial charge < -0.3 is 10.2 Å². The summed E-state index contributed by atoms with van der Waals surface area (Å²) in [6.45, 7) is 2.54. The van der Waals surface area contributed by atoms with Gasteiger partial charge in [0.1, 0.15) is 0 Å². The van der Waals surface area contributed by atoms with Crippen molar-refractivity contribution in [2.24, 2.45) is 0 Å². The first-order valence-electron chi connectivity index (χ1n) is 7.30. The predicted octanol–water partition coefficient (Wildman–Crippen LogP) is 2.78. The highest BCUT2D eigenvalue weighted by Gasteiger charge is 2.19. The van der Waals surface area contributed by atoms with E-state index < -0.39 is 0 Å². The molecule has 0 spiro atoms. The molecule has 1 saturated carbocycles. The fraction of sp³-hybridized carbons (Fsp3) is 1.00. The van der Waals surface area contributed by atoms with Crippen LogP contribution in [0.3, 0.4) is 0 Å². The molecule has 94 valence electrons. The van der Waals surface area contributed by atoms with E-state index in [9.17, 15) is 0 Å². The van der Waals surface area contributed by atoms with Gasteiger partial charge in [-0.05, 0) is 52.2 Å². The third-order valence-corrected chi connectivity index (χ3v) is 4.44. The molecule has 0 aromatic heterocycles. The van der Waals surface area contributed by atoms with Crippen LogP contribution < -0.4 is 5.32 Å². The molecule has 0 aromatic rings. The average Bonchev–Trinajstić information content (AvgIpc) is 2.38. The van der Waals surface area contributed by atoms with Crippen LogP contribution in [0.5, 0.6) is 0 Å². The van der Waals surface area contributed by atoms with Crippen LogP contribution in [-0.4, -0.2) is 37.1 Å². The Labute approximate surface area is 101 Å². The monoisotopic (exact) mass is 224 g/mol. The minimum Gasteiger partial charge on any atom is -0.314 e. The third kappa shape index (κ3) is 3.74. The maximum Gasteiger partial charge on any atom is 0.00922 e. The van der Waals surface area contributed by atoms with Crippen molar-refractivity contribution in [2.75, 3.05) is 20.1 Å². The molecule has 1 unspecified atom stereocenters. The summed E-state index contributed by atoms with van der Waals surface area (Å²) in [5, 5.41) is 3.65. The van der Waals surface area contributed by atoms with Crippen LogP contribution in [0.4, 0.5) is 0 Å². The van der Waals surface area contributed by atoms with Crippen molar-refractivity contribution >= 4 is 0 Å². The van der Waals surface area contributed by atoms with Crippen molar-refractivity contribution in [3.8, 4) is 0 Å². The summed E-state index contributed by atoms with van der Waals surface area (Å²) in [6, 6.07) is 1.69. The van der Waals surface area contributed by atoms with Crippen LogP contribution in [0, 0.1) is 0 Å². The topological polar surface area (TPSA) is 15.3 Å². The van der Waals surface area contributed by atoms with Gasteiger partial charge in [0, 0.05) is 12.1 Å². The largest absolute Gasteiger partial charge is 0.314 e. The van der Waals surface area contributed by atoms with Gasteiger partial charge in [0.05, 0.1) is 0 Å². The van der Waals surface area contributed by atoms with Crippen LogP contribution in [0.2, 0.25) is 0 Å². The van der Waals surface area contributed by atoms with E-state index in [4.69, 9.17) is 0 Å². The van der Waals surface area contributed by atoms with Gasteiger partial charge in [-0.15, -0.1) is 0 Å². The highest BCUT2D eigenvalue weighted by atomic mass is 15.1. The van der Waals surface area contributed by atoms with Gasteiger partial charge in [0.2, 0.25) is 0 Å². The Morgan fingerprint density at radius 3 is 2.44 bits per heavy atom. The SMILES string of the molecule is CN(CCC1CCCCN1)C1CCCCC1. The summed E-state index contributed by atoms with van der Waals surface area (Å²) in [7, 11) is 2.33. The molecule has 2 heteroatoms. The van der Waals surface area contributed by atoms with Crippen LogP contribution in [0.25, 0.3) is 0 Å². The zero-order valence-corrected chi connectivity index (χ0v) is 10.9. The summed E-state index contributed by atoms with van der Waals surface area (Å²) in [5.74, 6) is 0. The van der Waals surface area contributed by atoms with Crippen LogP contribution in [-0.2, 0) is 0 Å². The smallest absolute Gasteiger partial charge is 0.00922 e. The Hall–Kier alpha value is -0.0800. The van der Waals surface area contributed by atoms with Crippen molar-refractivity contribution in [3.05, 3.63) is 0 Å². The van der Waals surface area contributed by atoms with E-state index in [0.717, 1.165) is 12.1 Å². The van der Waals surface area contributed by atoms with E-state index in [2.05, 4.69) is 17.3 Å². The van der Waals surface area contributed by atoms with E-state index in [-0.39, 0.29) is 0 Å². The molecule has 0 aromatic carbocycles. The lowest BCUT2D eigenvalue weighted by Crippen LogP contribution is -2.40. The van der Waals surface area contributed by atoms with Gasteiger partial charge in [0.25, 0.3) is 0 Å². The van der Waals surface area contributed by atoms with Crippen molar-refractivity contribution in [1.82, 2.24) is 10.2 Å². The Morgan fingerprint density at radius 1 is 1.00 bits per heavy atom. The maximum absolute atomic E-state index is 3.65. The minimum atomic E-state index is 0.805. The Morgan fingerprint density at radius 2 is 1.75 bits per heavy atom. The molecule has 2 rings (SSSR count). The Bertz CT molecular complexity index is 181. The number of piperidine rings is 1. The lowest BCUT2D eigenvalue weighted by molar-refractivity contribution is 0.180. The van der Waals surface area contributed by atoms with Crippen molar-refractivity contribution in [1.29, 1.82) is 0 Å². The molecule has 1 saturated heterocycles.